The summed E-state index contributed by atoms with van der Waals surface area (Å²) in [5.41, 5.74) is 0.739. The molecule has 1 aromatic rings. The lowest BCUT2D eigenvalue weighted by Crippen LogP contribution is -2.43. The highest BCUT2D eigenvalue weighted by molar-refractivity contribution is 5.19. The molecule has 100 valence electrons. The van der Waals surface area contributed by atoms with Crippen LogP contribution in [0.5, 0.6) is 0 Å². The average molecular weight is 253 g/mol. The monoisotopic (exact) mass is 253 g/mol. The van der Waals surface area contributed by atoms with Crippen molar-refractivity contribution in [2.75, 3.05) is 13.2 Å². The quantitative estimate of drug-likeness (QED) is 0.862. The van der Waals surface area contributed by atoms with Crippen molar-refractivity contribution in [2.24, 2.45) is 0 Å². The van der Waals surface area contributed by atoms with Gasteiger partial charge in [-0.25, -0.2) is 4.39 Å². The Morgan fingerprint density at radius 1 is 1.28 bits per heavy atom. The van der Waals surface area contributed by atoms with Crippen molar-refractivity contribution < 1.29 is 14.2 Å². The van der Waals surface area contributed by atoms with Crippen molar-refractivity contribution in [3.05, 3.63) is 35.6 Å². The summed E-state index contributed by atoms with van der Waals surface area (Å²) in [6.07, 6.45) is 1.33. The van der Waals surface area contributed by atoms with E-state index in [-0.39, 0.29) is 11.9 Å². The first kappa shape index (κ1) is 13.5. The van der Waals surface area contributed by atoms with Crippen LogP contribution in [-0.4, -0.2) is 30.4 Å². The number of nitrogens with one attached hydrogen (secondary N) is 1. The Bertz CT molecular complexity index is 363. The van der Waals surface area contributed by atoms with Crippen LogP contribution in [0, 0.1) is 5.82 Å². The minimum Gasteiger partial charge on any atom is -0.387 e. The van der Waals surface area contributed by atoms with Crippen molar-refractivity contribution in [3.63, 3.8) is 0 Å². The lowest BCUT2D eigenvalue weighted by molar-refractivity contribution is 0.0627. The fraction of sp³-hybridized carbons (Fsp3) is 0.571. The molecule has 0 aliphatic carbocycles. The van der Waals surface area contributed by atoms with Gasteiger partial charge in [0.2, 0.25) is 0 Å². The molecule has 1 fully saturated rings. The summed E-state index contributed by atoms with van der Waals surface area (Å²) in [6.45, 7) is 3.50. The number of halogens is 1. The molecule has 0 aromatic heterocycles. The zero-order valence-electron chi connectivity index (χ0n) is 10.6. The van der Waals surface area contributed by atoms with E-state index in [1.54, 1.807) is 12.1 Å². The number of aliphatic hydroxyl groups is 1. The van der Waals surface area contributed by atoms with Crippen LogP contribution in [0.1, 0.15) is 31.4 Å². The predicted octanol–water partition coefficient (Wildman–Crippen LogP) is 2.02. The summed E-state index contributed by atoms with van der Waals surface area (Å²) in [5.74, 6) is -0.281. The maximum absolute atomic E-state index is 12.8. The van der Waals surface area contributed by atoms with Crippen molar-refractivity contribution in [1.29, 1.82) is 0 Å². The van der Waals surface area contributed by atoms with Crippen molar-refractivity contribution >= 4 is 0 Å². The van der Waals surface area contributed by atoms with Gasteiger partial charge in [0.1, 0.15) is 5.82 Å². The van der Waals surface area contributed by atoms with E-state index in [9.17, 15) is 9.50 Å². The summed E-state index contributed by atoms with van der Waals surface area (Å²) in [5, 5.41) is 13.6. The Morgan fingerprint density at radius 3 is 2.50 bits per heavy atom. The highest BCUT2D eigenvalue weighted by Crippen LogP contribution is 2.19. The molecule has 2 unspecified atom stereocenters. The molecule has 1 aliphatic rings. The molecule has 2 rings (SSSR count). The molecule has 0 spiro atoms. The normalized spacial score (nSPS) is 20.6. The molecule has 0 radical (unpaired) electrons. The molecule has 18 heavy (non-hydrogen) atoms. The predicted molar refractivity (Wildman–Crippen MR) is 67.8 cm³/mol. The second-order valence-electron chi connectivity index (χ2n) is 4.84. The van der Waals surface area contributed by atoms with E-state index in [0.29, 0.717) is 6.04 Å². The molecule has 2 atom stereocenters. The minimum atomic E-state index is -0.617. The van der Waals surface area contributed by atoms with Gasteiger partial charge < -0.3 is 15.2 Å². The van der Waals surface area contributed by atoms with Crippen LogP contribution in [0.15, 0.2) is 24.3 Å². The highest BCUT2D eigenvalue weighted by atomic mass is 19.1. The zero-order chi connectivity index (χ0) is 13.0. The van der Waals surface area contributed by atoms with Crippen LogP contribution < -0.4 is 5.32 Å². The number of aliphatic hydroxyl groups excluding tert-OH is 1. The van der Waals surface area contributed by atoms with Crippen LogP contribution in [0.25, 0.3) is 0 Å². The number of hydrogen-bond acceptors (Lipinski definition) is 3. The third-order valence-corrected chi connectivity index (χ3v) is 3.41. The van der Waals surface area contributed by atoms with Crippen LogP contribution in [0.2, 0.25) is 0 Å². The van der Waals surface area contributed by atoms with Gasteiger partial charge in [-0.3, -0.25) is 0 Å². The summed E-state index contributed by atoms with van der Waals surface area (Å²) in [4.78, 5) is 0. The summed E-state index contributed by atoms with van der Waals surface area (Å²) >= 11 is 0. The summed E-state index contributed by atoms with van der Waals surface area (Å²) in [7, 11) is 0. The van der Waals surface area contributed by atoms with Crippen LogP contribution in [0.3, 0.4) is 0 Å². The van der Waals surface area contributed by atoms with E-state index in [2.05, 4.69) is 5.32 Å². The maximum atomic E-state index is 12.8. The molecule has 1 aliphatic heterocycles. The van der Waals surface area contributed by atoms with Crippen LogP contribution in [0.4, 0.5) is 4.39 Å². The van der Waals surface area contributed by atoms with E-state index < -0.39 is 6.10 Å². The third-order valence-electron chi connectivity index (χ3n) is 3.41. The Kier molecular flexibility index (Phi) is 4.69. The lowest BCUT2D eigenvalue weighted by atomic mass is 10.0. The summed E-state index contributed by atoms with van der Waals surface area (Å²) < 4.78 is 18.1. The lowest BCUT2D eigenvalue weighted by Gasteiger charge is -2.29. The molecule has 3 nitrogen and oxygen atoms in total. The van der Waals surface area contributed by atoms with Gasteiger partial charge in [-0.2, -0.15) is 0 Å². The fourth-order valence-electron chi connectivity index (χ4n) is 2.28. The topological polar surface area (TPSA) is 41.5 Å². The highest BCUT2D eigenvalue weighted by Gasteiger charge is 2.21. The molecule has 0 saturated carbocycles. The maximum Gasteiger partial charge on any atom is 0.123 e. The van der Waals surface area contributed by atoms with E-state index in [1.165, 1.54) is 12.1 Å². The Morgan fingerprint density at radius 2 is 1.89 bits per heavy atom. The van der Waals surface area contributed by atoms with Crippen molar-refractivity contribution in [3.8, 4) is 0 Å². The van der Waals surface area contributed by atoms with Crippen LogP contribution >= 0.6 is 0 Å². The third kappa shape index (κ3) is 3.51. The minimum absolute atomic E-state index is 0.0569. The molecule has 2 N–H and O–H groups in total. The number of ether oxygens (including phenoxy) is 1. The first-order chi connectivity index (χ1) is 8.66. The Balaban J connectivity index is 1.91. The van der Waals surface area contributed by atoms with Gasteiger partial charge in [0, 0.05) is 25.3 Å². The average Bonchev–Trinajstić information content (AvgIpc) is 2.40. The van der Waals surface area contributed by atoms with Gasteiger partial charge in [0.05, 0.1) is 6.10 Å². The fourth-order valence-corrected chi connectivity index (χ4v) is 2.28. The second kappa shape index (κ2) is 6.27. The zero-order valence-corrected chi connectivity index (χ0v) is 10.6. The number of hydrogen-bond donors (Lipinski definition) is 2. The van der Waals surface area contributed by atoms with Gasteiger partial charge in [-0.05, 0) is 37.5 Å². The van der Waals surface area contributed by atoms with Gasteiger partial charge in [0.15, 0.2) is 0 Å². The largest absolute Gasteiger partial charge is 0.387 e. The molecule has 1 aromatic carbocycles. The Hall–Kier alpha value is -0.970. The molecule has 4 heteroatoms. The van der Waals surface area contributed by atoms with Gasteiger partial charge in [-0.1, -0.05) is 12.1 Å². The first-order valence-corrected chi connectivity index (χ1v) is 6.44. The van der Waals surface area contributed by atoms with Gasteiger partial charge in [0.25, 0.3) is 0 Å². The van der Waals surface area contributed by atoms with E-state index in [1.807, 2.05) is 6.92 Å². The van der Waals surface area contributed by atoms with Crippen molar-refractivity contribution in [2.45, 2.75) is 38.0 Å². The van der Waals surface area contributed by atoms with Crippen LogP contribution in [-0.2, 0) is 4.74 Å². The van der Waals surface area contributed by atoms with Crippen molar-refractivity contribution in [1.82, 2.24) is 5.32 Å². The number of benzene rings is 1. The Labute approximate surface area is 107 Å². The van der Waals surface area contributed by atoms with E-state index >= 15 is 0 Å². The molecular weight excluding hydrogens is 233 g/mol. The number of rotatable bonds is 4. The van der Waals surface area contributed by atoms with Gasteiger partial charge in [-0.15, -0.1) is 0 Å². The standard InChI is InChI=1S/C14H20FNO2/c1-10(16-13-6-8-18-9-7-13)14(17)11-2-4-12(15)5-3-11/h2-5,10,13-14,16-17H,6-9H2,1H3. The van der Waals surface area contributed by atoms with E-state index in [4.69, 9.17) is 4.74 Å². The summed E-state index contributed by atoms with van der Waals surface area (Å²) in [6, 6.07) is 6.34. The second-order valence-corrected chi connectivity index (χ2v) is 4.84. The molecule has 1 heterocycles. The first-order valence-electron chi connectivity index (χ1n) is 6.44. The van der Waals surface area contributed by atoms with Gasteiger partial charge >= 0.3 is 0 Å². The van der Waals surface area contributed by atoms with E-state index in [0.717, 1.165) is 31.6 Å². The molecule has 1 saturated heterocycles. The molecule has 0 bridgehead atoms. The SMILES string of the molecule is CC(NC1CCOCC1)C(O)c1ccc(F)cc1. The molecular formula is C14H20FNO2. The molecule has 0 amide bonds. The smallest absolute Gasteiger partial charge is 0.123 e.